The molecule has 182 valence electrons. The van der Waals surface area contributed by atoms with Gasteiger partial charge in [0.1, 0.15) is 0 Å². The molecule has 7 heteroatoms. The molecule has 7 nitrogen and oxygen atoms in total. The van der Waals surface area contributed by atoms with Gasteiger partial charge in [-0.25, -0.2) is 9.59 Å². The van der Waals surface area contributed by atoms with Crippen molar-refractivity contribution in [3.63, 3.8) is 0 Å². The highest BCUT2D eigenvalue weighted by Crippen LogP contribution is 2.42. The molecule has 0 aromatic heterocycles. The molecule has 0 aliphatic carbocycles. The van der Waals surface area contributed by atoms with Crippen LogP contribution >= 0.6 is 0 Å². The van der Waals surface area contributed by atoms with E-state index in [4.69, 9.17) is 9.47 Å². The largest absolute Gasteiger partial charge is 0.450 e. The molecule has 3 aliphatic heterocycles. The summed E-state index contributed by atoms with van der Waals surface area (Å²) in [6.07, 6.45) is 5.65. The highest BCUT2D eigenvalue weighted by atomic mass is 16.6. The zero-order valence-corrected chi connectivity index (χ0v) is 20.3. The van der Waals surface area contributed by atoms with Crippen molar-refractivity contribution >= 4 is 12.2 Å². The van der Waals surface area contributed by atoms with E-state index >= 15 is 0 Å². The lowest BCUT2D eigenvalue weighted by molar-refractivity contribution is 0.0378. The molecule has 2 saturated heterocycles. The van der Waals surface area contributed by atoms with Crippen LogP contribution in [0.15, 0.2) is 24.3 Å². The van der Waals surface area contributed by atoms with Crippen molar-refractivity contribution in [1.29, 1.82) is 0 Å². The van der Waals surface area contributed by atoms with Gasteiger partial charge < -0.3 is 24.2 Å². The van der Waals surface area contributed by atoms with E-state index in [1.165, 1.54) is 11.1 Å². The molecule has 0 saturated carbocycles. The SMILES string of the molecule is CCCCOC(=O)N1Cc2ccccc2C2(CCN(C3CCN(C(=O)OCC)CC3)CC2)C1. The van der Waals surface area contributed by atoms with Gasteiger partial charge in [-0.15, -0.1) is 0 Å². The zero-order valence-electron chi connectivity index (χ0n) is 20.3. The lowest BCUT2D eigenvalue weighted by Crippen LogP contribution is -2.56. The Morgan fingerprint density at radius 2 is 1.67 bits per heavy atom. The van der Waals surface area contributed by atoms with Gasteiger partial charge in [-0.1, -0.05) is 37.6 Å². The Labute approximate surface area is 198 Å². The molecule has 3 heterocycles. The van der Waals surface area contributed by atoms with Crippen molar-refractivity contribution in [3.05, 3.63) is 35.4 Å². The molecular formula is C26H39N3O4. The topological polar surface area (TPSA) is 62.3 Å². The molecule has 0 atom stereocenters. The van der Waals surface area contributed by atoms with E-state index in [0.29, 0.717) is 25.8 Å². The maximum atomic E-state index is 12.8. The number of unbranched alkanes of at least 4 members (excludes halogenated alkanes) is 1. The third-order valence-electron chi connectivity index (χ3n) is 7.69. The average molecular weight is 458 g/mol. The second-order valence-electron chi connectivity index (χ2n) is 9.71. The van der Waals surface area contributed by atoms with Crippen molar-refractivity contribution in [2.75, 3.05) is 45.9 Å². The monoisotopic (exact) mass is 457 g/mol. The number of ether oxygens (including phenoxy) is 2. The molecule has 3 aliphatic rings. The summed E-state index contributed by atoms with van der Waals surface area (Å²) in [5, 5.41) is 0. The first-order valence-electron chi connectivity index (χ1n) is 12.7. The van der Waals surface area contributed by atoms with Gasteiger partial charge in [0, 0.05) is 37.6 Å². The number of rotatable bonds is 5. The van der Waals surface area contributed by atoms with Crippen LogP contribution in [0.5, 0.6) is 0 Å². The van der Waals surface area contributed by atoms with Crippen LogP contribution in [0.3, 0.4) is 0 Å². The van der Waals surface area contributed by atoms with Crippen LogP contribution in [0, 0.1) is 0 Å². The van der Waals surface area contributed by atoms with E-state index in [1.807, 2.05) is 16.7 Å². The normalized spacial score (nSPS) is 21.0. The molecule has 0 N–H and O–H groups in total. The van der Waals surface area contributed by atoms with Crippen LogP contribution in [0.1, 0.15) is 63.5 Å². The van der Waals surface area contributed by atoms with E-state index in [-0.39, 0.29) is 17.6 Å². The minimum absolute atomic E-state index is 0.000748. The first-order valence-corrected chi connectivity index (χ1v) is 12.7. The molecule has 1 aromatic rings. The number of hydrogen-bond donors (Lipinski definition) is 0. The molecule has 1 aromatic carbocycles. The van der Waals surface area contributed by atoms with Crippen molar-refractivity contribution < 1.29 is 19.1 Å². The summed E-state index contributed by atoms with van der Waals surface area (Å²) in [6.45, 7) is 9.85. The number of amides is 2. The van der Waals surface area contributed by atoms with Crippen molar-refractivity contribution in [2.24, 2.45) is 0 Å². The number of carbonyl (C=O) groups is 2. The minimum atomic E-state index is -0.182. The summed E-state index contributed by atoms with van der Waals surface area (Å²) >= 11 is 0. The standard InChI is InChI=1S/C26H39N3O4/c1-3-5-18-33-25(31)29-19-21-8-6-7-9-23(21)26(20-29)12-16-27(17-13-26)22-10-14-28(15-11-22)24(30)32-4-2/h6-9,22H,3-5,10-20H2,1-2H3. The molecule has 2 amide bonds. The maximum Gasteiger partial charge on any atom is 0.410 e. The highest BCUT2D eigenvalue weighted by molar-refractivity contribution is 5.69. The van der Waals surface area contributed by atoms with E-state index in [0.717, 1.165) is 71.2 Å². The number of nitrogens with zero attached hydrogens (tertiary/aromatic N) is 3. The third-order valence-corrected chi connectivity index (χ3v) is 7.69. The molecule has 2 fully saturated rings. The van der Waals surface area contributed by atoms with Gasteiger partial charge in [0.05, 0.1) is 13.2 Å². The molecule has 33 heavy (non-hydrogen) atoms. The van der Waals surface area contributed by atoms with Gasteiger partial charge in [-0.3, -0.25) is 0 Å². The van der Waals surface area contributed by atoms with Crippen LogP contribution < -0.4 is 0 Å². The van der Waals surface area contributed by atoms with Gasteiger partial charge in [-0.05, 0) is 63.2 Å². The second-order valence-corrected chi connectivity index (χ2v) is 9.71. The van der Waals surface area contributed by atoms with Gasteiger partial charge in [0.15, 0.2) is 0 Å². The first-order chi connectivity index (χ1) is 16.1. The molecule has 0 unspecified atom stereocenters. The van der Waals surface area contributed by atoms with Gasteiger partial charge in [0.2, 0.25) is 0 Å². The summed E-state index contributed by atoms with van der Waals surface area (Å²) in [4.78, 5) is 31.2. The predicted octanol–water partition coefficient (Wildman–Crippen LogP) is 4.39. The van der Waals surface area contributed by atoms with Crippen LogP contribution in [-0.4, -0.2) is 78.9 Å². The van der Waals surface area contributed by atoms with E-state index < -0.39 is 0 Å². The Balaban J connectivity index is 1.39. The van der Waals surface area contributed by atoms with Crippen LogP contribution in [-0.2, 0) is 21.4 Å². The fraction of sp³-hybridized carbons (Fsp3) is 0.692. The Hall–Kier alpha value is -2.28. The summed E-state index contributed by atoms with van der Waals surface area (Å²) in [6, 6.07) is 9.16. The summed E-state index contributed by atoms with van der Waals surface area (Å²) < 4.78 is 10.7. The van der Waals surface area contributed by atoms with Crippen LogP contribution in [0.2, 0.25) is 0 Å². The van der Waals surface area contributed by atoms with Crippen LogP contribution in [0.4, 0.5) is 9.59 Å². The highest BCUT2D eigenvalue weighted by Gasteiger charge is 2.44. The summed E-state index contributed by atoms with van der Waals surface area (Å²) in [7, 11) is 0. The van der Waals surface area contributed by atoms with Gasteiger partial charge >= 0.3 is 12.2 Å². The van der Waals surface area contributed by atoms with E-state index in [9.17, 15) is 9.59 Å². The fourth-order valence-corrected chi connectivity index (χ4v) is 5.78. The lowest BCUT2D eigenvalue weighted by Gasteiger charge is -2.50. The maximum absolute atomic E-state index is 12.8. The number of hydrogen-bond acceptors (Lipinski definition) is 5. The second kappa shape index (κ2) is 10.8. The average Bonchev–Trinajstić information content (AvgIpc) is 2.85. The summed E-state index contributed by atoms with van der Waals surface area (Å²) in [5.74, 6) is 0. The number of carbonyl (C=O) groups excluding carboxylic acids is 2. The Morgan fingerprint density at radius 1 is 0.970 bits per heavy atom. The molecule has 0 bridgehead atoms. The van der Waals surface area contributed by atoms with Crippen molar-refractivity contribution in [2.45, 2.75) is 70.4 Å². The smallest absolute Gasteiger partial charge is 0.410 e. The molecular weight excluding hydrogens is 418 g/mol. The predicted molar refractivity (Wildman–Crippen MR) is 127 cm³/mol. The van der Waals surface area contributed by atoms with Crippen molar-refractivity contribution in [1.82, 2.24) is 14.7 Å². The van der Waals surface area contributed by atoms with E-state index in [1.54, 1.807) is 0 Å². The zero-order chi connectivity index (χ0) is 23.3. The number of benzene rings is 1. The van der Waals surface area contributed by atoms with Crippen molar-refractivity contribution in [3.8, 4) is 0 Å². The molecule has 4 rings (SSSR count). The molecule has 0 radical (unpaired) electrons. The van der Waals surface area contributed by atoms with Gasteiger partial charge in [-0.2, -0.15) is 0 Å². The number of fused-ring (bicyclic) bond motifs is 2. The molecule has 1 spiro atoms. The quantitative estimate of drug-likeness (QED) is 0.614. The van der Waals surface area contributed by atoms with E-state index in [2.05, 4.69) is 36.1 Å². The third kappa shape index (κ3) is 5.29. The number of likely N-dealkylation sites (tertiary alicyclic amines) is 2. The first kappa shape index (κ1) is 23.9. The summed E-state index contributed by atoms with van der Waals surface area (Å²) in [5.41, 5.74) is 2.67. The lowest BCUT2D eigenvalue weighted by atomic mass is 9.68. The minimum Gasteiger partial charge on any atom is -0.450 e. The number of piperidine rings is 2. The Morgan fingerprint density at radius 3 is 2.36 bits per heavy atom. The Kier molecular flexibility index (Phi) is 7.78. The van der Waals surface area contributed by atoms with Crippen LogP contribution in [0.25, 0.3) is 0 Å². The van der Waals surface area contributed by atoms with Gasteiger partial charge in [0.25, 0.3) is 0 Å². The fourth-order valence-electron chi connectivity index (χ4n) is 5.78. The Bertz CT molecular complexity index is 814.